The summed E-state index contributed by atoms with van der Waals surface area (Å²) in [5.74, 6) is 1.32. The number of hydrogen-bond acceptors (Lipinski definition) is 3. The van der Waals surface area contributed by atoms with E-state index in [1.165, 1.54) is 6.07 Å². The number of benzene rings is 3. The molecule has 0 aliphatic carbocycles. The highest BCUT2D eigenvalue weighted by Gasteiger charge is 2.21. The third-order valence-corrected chi connectivity index (χ3v) is 4.53. The Hall–Kier alpha value is -3.33. The van der Waals surface area contributed by atoms with E-state index in [1.54, 1.807) is 6.92 Å². The molecule has 0 N–H and O–H groups in total. The van der Waals surface area contributed by atoms with E-state index in [1.807, 2.05) is 73.7 Å². The maximum absolute atomic E-state index is 12.7. The van der Waals surface area contributed by atoms with Crippen LogP contribution in [0.25, 0.3) is 33.2 Å². The molecule has 0 aliphatic rings. The van der Waals surface area contributed by atoms with Gasteiger partial charge in [0.1, 0.15) is 17.1 Å². The van der Waals surface area contributed by atoms with Gasteiger partial charge in [0, 0.05) is 11.6 Å². The number of hydrogen-bond donors (Lipinski definition) is 0. The van der Waals surface area contributed by atoms with E-state index in [2.05, 4.69) is 0 Å². The van der Waals surface area contributed by atoms with Gasteiger partial charge in [0.2, 0.25) is 0 Å². The predicted molar refractivity (Wildman–Crippen MR) is 109 cm³/mol. The normalized spacial score (nSPS) is 10.9. The van der Waals surface area contributed by atoms with Crippen molar-refractivity contribution >= 4 is 11.0 Å². The first-order chi connectivity index (χ1) is 13.2. The van der Waals surface area contributed by atoms with Crippen LogP contribution in [0.1, 0.15) is 12.7 Å². The summed E-state index contributed by atoms with van der Waals surface area (Å²) in [5, 5.41) is 0.557. The molecule has 0 saturated carbocycles. The van der Waals surface area contributed by atoms with Crippen LogP contribution in [0.4, 0.5) is 0 Å². The van der Waals surface area contributed by atoms with Crippen molar-refractivity contribution in [3.63, 3.8) is 0 Å². The zero-order chi connectivity index (χ0) is 18.8. The van der Waals surface area contributed by atoms with E-state index in [4.69, 9.17) is 9.15 Å². The van der Waals surface area contributed by atoms with E-state index < -0.39 is 0 Å². The minimum Gasteiger partial charge on any atom is -0.492 e. The highest BCUT2D eigenvalue weighted by Crippen LogP contribution is 2.43. The van der Waals surface area contributed by atoms with Crippen molar-refractivity contribution < 1.29 is 9.15 Å². The Bertz CT molecular complexity index is 1140. The SMILES string of the molecule is CCOc1c(-c2ccccc2)cc2c(=O)cc(C)oc2c1-c1ccccc1. The van der Waals surface area contributed by atoms with Crippen LogP contribution < -0.4 is 10.2 Å². The molecule has 0 atom stereocenters. The van der Waals surface area contributed by atoms with Crippen molar-refractivity contribution in [2.24, 2.45) is 0 Å². The van der Waals surface area contributed by atoms with Gasteiger partial charge in [-0.15, -0.1) is 0 Å². The topological polar surface area (TPSA) is 39.4 Å². The summed E-state index contributed by atoms with van der Waals surface area (Å²) in [7, 11) is 0. The summed E-state index contributed by atoms with van der Waals surface area (Å²) in [4.78, 5) is 12.7. The fourth-order valence-corrected chi connectivity index (χ4v) is 3.38. The van der Waals surface area contributed by atoms with Crippen LogP contribution in [-0.4, -0.2) is 6.61 Å². The van der Waals surface area contributed by atoms with Crippen molar-refractivity contribution in [2.75, 3.05) is 6.61 Å². The van der Waals surface area contributed by atoms with E-state index in [9.17, 15) is 4.79 Å². The molecule has 0 amide bonds. The highest BCUT2D eigenvalue weighted by molar-refractivity contribution is 6.01. The zero-order valence-electron chi connectivity index (χ0n) is 15.4. The van der Waals surface area contributed by atoms with E-state index >= 15 is 0 Å². The van der Waals surface area contributed by atoms with Crippen LogP contribution in [-0.2, 0) is 0 Å². The first kappa shape index (κ1) is 17.1. The lowest BCUT2D eigenvalue weighted by Crippen LogP contribution is -2.05. The van der Waals surface area contributed by atoms with Crippen molar-refractivity contribution in [1.29, 1.82) is 0 Å². The molecular formula is C24H20O3. The first-order valence-corrected chi connectivity index (χ1v) is 9.04. The molecule has 0 radical (unpaired) electrons. The summed E-state index contributed by atoms with van der Waals surface area (Å²) >= 11 is 0. The molecule has 27 heavy (non-hydrogen) atoms. The Labute approximate surface area is 157 Å². The van der Waals surface area contributed by atoms with Gasteiger partial charge < -0.3 is 9.15 Å². The second-order valence-corrected chi connectivity index (χ2v) is 6.39. The fourth-order valence-electron chi connectivity index (χ4n) is 3.38. The molecule has 0 spiro atoms. The lowest BCUT2D eigenvalue weighted by atomic mass is 9.94. The molecule has 3 aromatic carbocycles. The highest BCUT2D eigenvalue weighted by atomic mass is 16.5. The second kappa shape index (κ2) is 7.12. The van der Waals surface area contributed by atoms with Gasteiger partial charge in [-0.2, -0.15) is 0 Å². The number of ether oxygens (including phenoxy) is 1. The molecule has 3 nitrogen and oxygen atoms in total. The standard InChI is InChI=1S/C24H20O3/c1-3-26-23-19(17-10-6-4-7-11-17)15-20-21(25)14-16(2)27-24(20)22(23)18-12-8-5-9-13-18/h4-15H,3H2,1-2H3. The Kier molecular flexibility index (Phi) is 4.51. The monoisotopic (exact) mass is 356 g/mol. The lowest BCUT2D eigenvalue weighted by Gasteiger charge is -2.18. The molecule has 0 unspecified atom stereocenters. The largest absolute Gasteiger partial charge is 0.492 e. The predicted octanol–water partition coefficient (Wildman–Crippen LogP) is 5.83. The van der Waals surface area contributed by atoms with Gasteiger partial charge in [-0.3, -0.25) is 4.79 Å². The summed E-state index contributed by atoms with van der Waals surface area (Å²) in [6.45, 7) is 4.27. The van der Waals surface area contributed by atoms with Crippen LogP contribution >= 0.6 is 0 Å². The molecule has 4 aromatic rings. The van der Waals surface area contributed by atoms with Crippen LogP contribution in [0.2, 0.25) is 0 Å². The molecule has 0 saturated heterocycles. The van der Waals surface area contributed by atoms with Crippen LogP contribution in [0.5, 0.6) is 5.75 Å². The molecule has 0 aliphatic heterocycles. The fraction of sp³-hybridized carbons (Fsp3) is 0.125. The van der Waals surface area contributed by atoms with E-state index in [0.29, 0.717) is 23.3 Å². The molecule has 0 bridgehead atoms. The molecule has 1 heterocycles. The van der Waals surface area contributed by atoms with Gasteiger partial charge in [-0.05, 0) is 31.0 Å². The summed E-state index contributed by atoms with van der Waals surface area (Å²) in [6, 6.07) is 23.3. The first-order valence-electron chi connectivity index (χ1n) is 9.04. The van der Waals surface area contributed by atoms with Gasteiger partial charge >= 0.3 is 0 Å². The number of aryl methyl sites for hydroxylation is 1. The third kappa shape index (κ3) is 3.13. The van der Waals surface area contributed by atoms with Crippen molar-refractivity contribution in [2.45, 2.75) is 13.8 Å². The maximum Gasteiger partial charge on any atom is 0.192 e. The minimum atomic E-state index is -0.0499. The van der Waals surface area contributed by atoms with Gasteiger partial charge in [0.15, 0.2) is 5.43 Å². The average Bonchev–Trinajstić information content (AvgIpc) is 2.69. The molecule has 134 valence electrons. The Morgan fingerprint density at radius 2 is 1.52 bits per heavy atom. The summed E-state index contributed by atoms with van der Waals surface area (Å²) in [5.41, 5.74) is 4.17. The quantitative estimate of drug-likeness (QED) is 0.461. The molecular weight excluding hydrogens is 336 g/mol. The second-order valence-electron chi connectivity index (χ2n) is 6.39. The van der Waals surface area contributed by atoms with Gasteiger partial charge in [-0.25, -0.2) is 0 Å². The van der Waals surface area contributed by atoms with Gasteiger partial charge in [0.05, 0.1) is 17.6 Å². The Morgan fingerprint density at radius 1 is 0.889 bits per heavy atom. The van der Waals surface area contributed by atoms with Crippen LogP contribution in [0, 0.1) is 6.92 Å². The smallest absolute Gasteiger partial charge is 0.192 e. The minimum absolute atomic E-state index is 0.0499. The van der Waals surface area contributed by atoms with Crippen molar-refractivity contribution in [3.05, 3.63) is 88.8 Å². The number of fused-ring (bicyclic) bond motifs is 1. The van der Waals surface area contributed by atoms with Crippen LogP contribution in [0.3, 0.4) is 0 Å². The van der Waals surface area contributed by atoms with Gasteiger partial charge in [0.25, 0.3) is 0 Å². The van der Waals surface area contributed by atoms with E-state index in [-0.39, 0.29) is 5.43 Å². The molecule has 4 rings (SSSR count). The maximum atomic E-state index is 12.7. The van der Waals surface area contributed by atoms with Gasteiger partial charge in [-0.1, -0.05) is 60.7 Å². The van der Waals surface area contributed by atoms with Crippen LogP contribution in [0.15, 0.2) is 82.0 Å². The third-order valence-electron chi connectivity index (χ3n) is 4.53. The summed E-state index contributed by atoms with van der Waals surface area (Å²) in [6.07, 6.45) is 0. The zero-order valence-corrected chi connectivity index (χ0v) is 15.4. The van der Waals surface area contributed by atoms with Crippen molar-refractivity contribution in [3.8, 4) is 28.0 Å². The lowest BCUT2D eigenvalue weighted by molar-refractivity contribution is 0.343. The molecule has 1 aromatic heterocycles. The molecule has 0 fully saturated rings. The Morgan fingerprint density at radius 3 is 2.15 bits per heavy atom. The average molecular weight is 356 g/mol. The Balaban J connectivity index is 2.19. The van der Waals surface area contributed by atoms with Crippen molar-refractivity contribution in [1.82, 2.24) is 0 Å². The van der Waals surface area contributed by atoms with E-state index in [0.717, 1.165) is 28.0 Å². The molecule has 3 heteroatoms. The number of rotatable bonds is 4. The summed E-state index contributed by atoms with van der Waals surface area (Å²) < 4.78 is 12.1.